The highest BCUT2D eigenvalue weighted by Gasteiger charge is 2.35. The van der Waals surface area contributed by atoms with Gasteiger partial charge in [0.15, 0.2) is 0 Å². The summed E-state index contributed by atoms with van der Waals surface area (Å²) in [5.74, 6) is -2.49. The third-order valence-corrected chi connectivity index (χ3v) is 6.15. The van der Waals surface area contributed by atoms with Gasteiger partial charge in [0.05, 0.1) is 16.7 Å². The first-order chi connectivity index (χ1) is 11.2. The van der Waals surface area contributed by atoms with Crippen LogP contribution in [0.15, 0.2) is 29.2 Å². The maximum absolute atomic E-state index is 12.4. The number of anilines is 1. The first-order valence-corrected chi connectivity index (χ1v) is 9.23. The Labute approximate surface area is 141 Å². The van der Waals surface area contributed by atoms with Gasteiger partial charge in [0, 0.05) is 19.8 Å². The van der Waals surface area contributed by atoms with Crippen molar-refractivity contribution in [1.29, 1.82) is 0 Å². The summed E-state index contributed by atoms with van der Waals surface area (Å²) in [5.41, 5.74) is 0.451. The van der Waals surface area contributed by atoms with Gasteiger partial charge >= 0.3 is 5.97 Å². The van der Waals surface area contributed by atoms with Crippen LogP contribution in [0.1, 0.15) is 25.7 Å². The number of carboxylic acid groups (broad SMARTS) is 1. The summed E-state index contributed by atoms with van der Waals surface area (Å²) < 4.78 is 25.1. The van der Waals surface area contributed by atoms with E-state index in [2.05, 4.69) is 5.32 Å². The molecule has 1 saturated carbocycles. The van der Waals surface area contributed by atoms with Crippen molar-refractivity contribution < 1.29 is 23.1 Å². The fourth-order valence-corrected chi connectivity index (χ4v) is 3.80. The molecule has 8 heteroatoms. The average Bonchev–Trinajstić information content (AvgIpc) is 2.55. The zero-order valence-corrected chi connectivity index (χ0v) is 14.5. The molecule has 2 atom stereocenters. The number of nitrogens with zero attached hydrogens (tertiary/aromatic N) is 1. The molecule has 2 rings (SSSR count). The van der Waals surface area contributed by atoms with Crippen LogP contribution in [-0.4, -0.2) is 43.8 Å². The van der Waals surface area contributed by atoms with Crippen molar-refractivity contribution in [3.05, 3.63) is 24.3 Å². The Hall–Kier alpha value is -1.93. The van der Waals surface area contributed by atoms with Crippen molar-refractivity contribution in [1.82, 2.24) is 4.31 Å². The molecule has 0 aliphatic heterocycles. The minimum atomic E-state index is -3.52. The van der Waals surface area contributed by atoms with E-state index in [1.165, 1.54) is 38.4 Å². The Kier molecular flexibility index (Phi) is 5.61. The van der Waals surface area contributed by atoms with Crippen molar-refractivity contribution in [3.8, 4) is 0 Å². The smallest absolute Gasteiger partial charge is 0.307 e. The number of rotatable bonds is 5. The molecule has 1 aliphatic carbocycles. The zero-order chi connectivity index (χ0) is 17.9. The molecule has 24 heavy (non-hydrogen) atoms. The van der Waals surface area contributed by atoms with E-state index in [1.807, 2.05) is 0 Å². The second-order valence-electron chi connectivity index (χ2n) is 6.14. The molecule has 0 saturated heterocycles. The van der Waals surface area contributed by atoms with Gasteiger partial charge in [0.1, 0.15) is 0 Å². The molecule has 7 nitrogen and oxygen atoms in total. The van der Waals surface area contributed by atoms with Crippen LogP contribution < -0.4 is 5.32 Å². The lowest BCUT2D eigenvalue weighted by Crippen LogP contribution is -2.36. The molecular formula is C16H22N2O5S. The molecule has 1 aliphatic rings. The van der Waals surface area contributed by atoms with Crippen LogP contribution in [0.4, 0.5) is 5.69 Å². The van der Waals surface area contributed by atoms with Crippen molar-refractivity contribution in [3.63, 3.8) is 0 Å². The molecular weight excluding hydrogens is 332 g/mol. The van der Waals surface area contributed by atoms with Crippen molar-refractivity contribution in [2.45, 2.75) is 30.6 Å². The molecule has 1 fully saturated rings. The minimum Gasteiger partial charge on any atom is -0.481 e. The number of benzene rings is 1. The quantitative estimate of drug-likeness (QED) is 0.838. The van der Waals surface area contributed by atoms with E-state index in [-0.39, 0.29) is 10.8 Å². The molecule has 0 heterocycles. The summed E-state index contributed by atoms with van der Waals surface area (Å²) in [6.07, 6.45) is 2.71. The highest BCUT2D eigenvalue weighted by molar-refractivity contribution is 7.89. The van der Waals surface area contributed by atoms with Crippen LogP contribution in [0.25, 0.3) is 0 Å². The van der Waals surface area contributed by atoms with Gasteiger partial charge in [-0.1, -0.05) is 12.8 Å². The van der Waals surface area contributed by atoms with Crippen LogP contribution in [-0.2, 0) is 19.6 Å². The van der Waals surface area contributed by atoms with Gasteiger partial charge in [-0.25, -0.2) is 12.7 Å². The first kappa shape index (κ1) is 18.4. The Morgan fingerprint density at radius 3 is 2.12 bits per heavy atom. The van der Waals surface area contributed by atoms with Gasteiger partial charge in [-0.05, 0) is 37.1 Å². The number of carbonyl (C=O) groups excluding carboxylic acids is 1. The standard InChI is InChI=1S/C16H22N2O5S/c1-18(2)24(22,23)12-9-7-11(8-10-12)17-15(19)13-5-3-4-6-14(13)16(20)21/h7-10,13-14H,3-6H2,1-2H3,(H,17,19)(H,20,21)/t13-,14+/m1/s1. The van der Waals surface area contributed by atoms with Crippen molar-refractivity contribution in [2.75, 3.05) is 19.4 Å². The molecule has 1 aromatic rings. The zero-order valence-electron chi connectivity index (χ0n) is 13.7. The number of nitrogens with one attached hydrogen (secondary N) is 1. The Morgan fingerprint density at radius 1 is 1.08 bits per heavy atom. The van der Waals surface area contributed by atoms with E-state index in [0.717, 1.165) is 17.1 Å². The monoisotopic (exact) mass is 354 g/mol. The van der Waals surface area contributed by atoms with Crippen molar-refractivity contribution in [2.24, 2.45) is 11.8 Å². The molecule has 0 radical (unpaired) electrons. The number of carbonyl (C=O) groups is 2. The van der Waals surface area contributed by atoms with Gasteiger partial charge in [-0.2, -0.15) is 0 Å². The van der Waals surface area contributed by atoms with E-state index >= 15 is 0 Å². The maximum atomic E-state index is 12.4. The lowest BCUT2D eigenvalue weighted by atomic mass is 9.78. The molecule has 0 spiro atoms. The summed E-state index contributed by atoms with van der Waals surface area (Å²) in [6, 6.07) is 5.85. The van der Waals surface area contributed by atoms with Gasteiger partial charge < -0.3 is 10.4 Å². The fraction of sp³-hybridized carbons (Fsp3) is 0.500. The second-order valence-corrected chi connectivity index (χ2v) is 8.29. The number of hydrogen-bond donors (Lipinski definition) is 2. The number of sulfonamides is 1. The molecule has 0 unspecified atom stereocenters. The third-order valence-electron chi connectivity index (χ3n) is 4.32. The summed E-state index contributed by atoms with van der Waals surface area (Å²) in [5, 5.41) is 11.9. The highest BCUT2D eigenvalue weighted by Crippen LogP contribution is 2.31. The number of carboxylic acids is 1. The van der Waals surface area contributed by atoms with E-state index in [1.54, 1.807) is 0 Å². The lowest BCUT2D eigenvalue weighted by molar-refractivity contribution is -0.147. The topological polar surface area (TPSA) is 104 Å². The van der Waals surface area contributed by atoms with Crippen LogP contribution >= 0.6 is 0 Å². The van der Waals surface area contributed by atoms with Crippen LogP contribution in [0, 0.1) is 11.8 Å². The summed E-state index contributed by atoms with van der Waals surface area (Å²) in [6.45, 7) is 0. The summed E-state index contributed by atoms with van der Waals surface area (Å²) >= 11 is 0. The van der Waals surface area contributed by atoms with Gasteiger partial charge in [0.25, 0.3) is 0 Å². The molecule has 0 aromatic heterocycles. The summed E-state index contributed by atoms with van der Waals surface area (Å²) in [4.78, 5) is 23.8. The Bertz CT molecular complexity index is 712. The minimum absolute atomic E-state index is 0.131. The van der Waals surface area contributed by atoms with E-state index < -0.39 is 27.8 Å². The Morgan fingerprint density at radius 2 is 1.62 bits per heavy atom. The summed E-state index contributed by atoms with van der Waals surface area (Å²) in [7, 11) is -0.631. The van der Waals surface area contributed by atoms with Crippen LogP contribution in [0.3, 0.4) is 0 Å². The SMILES string of the molecule is CN(C)S(=O)(=O)c1ccc(NC(=O)[C@@H]2CCCC[C@@H]2C(=O)O)cc1. The van der Waals surface area contributed by atoms with E-state index in [9.17, 15) is 23.1 Å². The third kappa shape index (κ3) is 3.93. The van der Waals surface area contributed by atoms with Crippen LogP contribution in [0.2, 0.25) is 0 Å². The molecule has 0 bridgehead atoms. The molecule has 1 aromatic carbocycles. The van der Waals surface area contributed by atoms with Gasteiger partial charge in [-0.3, -0.25) is 9.59 Å². The molecule has 1 amide bonds. The predicted octanol–water partition coefficient (Wildman–Crippen LogP) is 1.77. The number of aliphatic carboxylic acids is 1. The van der Waals surface area contributed by atoms with Crippen molar-refractivity contribution >= 4 is 27.6 Å². The predicted molar refractivity (Wildman–Crippen MR) is 89.0 cm³/mol. The van der Waals surface area contributed by atoms with Gasteiger partial charge in [0.2, 0.25) is 15.9 Å². The average molecular weight is 354 g/mol. The lowest BCUT2D eigenvalue weighted by Gasteiger charge is -2.27. The number of amides is 1. The molecule has 132 valence electrons. The Balaban J connectivity index is 2.11. The van der Waals surface area contributed by atoms with Crippen LogP contribution in [0.5, 0.6) is 0 Å². The molecule has 2 N–H and O–H groups in total. The largest absolute Gasteiger partial charge is 0.481 e. The maximum Gasteiger partial charge on any atom is 0.307 e. The van der Waals surface area contributed by atoms with E-state index in [4.69, 9.17) is 0 Å². The highest BCUT2D eigenvalue weighted by atomic mass is 32.2. The normalized spacial score (nSPS) is 21.5. The van der Waals surface area contributed by atoms with Gasteiger partial charge in [-0.15, -0.1) is 0 Å². The second kappa shape index (κ2) is 7.31. The number of hydrogen-bond acceptors (Lipinski definition) is 4. The first-order valence-electron chi connectivity index (χ1n) is 7.79. The van der Waals surface area contributed by atoms with E-state index in [0.29, 0.717) is 18.5 Å². The fourth-order valence-electron chi connectivity index (χ4n) is 2.90.